The zero-order chi connectivity index (χ0) is 24.9. The molecule has 0 bridgehead atoms. The molecule has 0 saturated heterocycles. The highest BCUT2D eigenvalue weighted by Gasteiger charge is 2.26. The Hall–Kier alpha value is -3.86. The van der Waals surface area contributed by atoms with Gasteiger partial charge in [0.15, 0.2) is 0 Å². The van der Waals surface area contributed by atoms with E-state index in [1.807, 2.05) is 6.92 Å². The van der Waals surface area contributed by atoms with Gasteiger partial charge in [-0.1, -0.05) is 23.8 Å². The van der Waals surface area contributed by atoms with Gasteiger partial charge >= 0.3 is 18.0 Å². The van der Waals surface area contributed by atoms with Gasteiger partial charge in [0.2, 0.25) is 0 Å². The SMILES string of the molecule is CCOC(=O)C1=C(COC(=O)c2cccc(S(=O)(=O)N(C)c3ccc(C)cc3)c2)NC(=O)NC1. The van der Waals surface area contributed by atoms with Gasteiger partial charge in [0, 0.05) is 7.05 Å². The first-order chi connectivity index (χ1) is 16.1. The van der Waals surface area contributed by atoms with Crippen LogP contribution in [0.5, 0.6) is 0 Å². The summed E-state index contributed by atoms with van der Waals surface area (Å²) in [5.74, 6) is -1.47. The molecule has 0 spiro atoms. The third-order valence-corrected chi connectivity index (χ3v) is 6.83. The van der Waals surface area contributed by atoms with E-state index in [1.165, 1.54) is 31.3 Å². The van der Waals surface area contributed by atoms with E-state index >= 15 is 0 Å². The van der Waals surface area contributed by atoms with Gasteiger partial charge in [0.25, 0.3) is 10.0 Å². The second-order valence-corrected chi connectivity index (χ2v) is 9.37. The predicted octanol–water partition coefficient (Wildman–Crippen LogP) is 2.11. The summed E-state index contributed by atoms with van der Waals surface area (Å²) in [5.41, 5.74) is 1.68. The number of urea groups is 1. The van der Waals surface area contributed by atoms with Crippen molar-refractivity contribution in [2.24, 2.45) is 0 Å². The predicted molar refractivity (Wildman–Crippen MR) is 124 cm³/mol. The van der Waals surface area contributed by atoms with E-state index in [0.29, 0.717) is 5.69 Å². The molecule has 0 aliphatic carbocycles. The summed E-state index contributed by atoms with van der Waals surface area (Å²) in [7, 11) is -2.52. The lowest BCUT2D eigenvalue weighted by molar-refractivity contribution is -0.138. The van der Waals surface area contributed by atoms with Gasteiger partial charge in [-0.2, -0.15) is 0 Å². The molecule has 0 atom stereocenters. The number of esters is 2. The first kappa shape index (κ1) is 24.8. The molecule has 2 N–H and O–H groups in total. The van der Waals surface area contributed by atoms with Crippen LogP contribution >= 0.6 is 0 Å². The highest BCUT2D eigenvalue weighted by atomic mass is 32.2. The zero-order valence-electron chi connectivity index (χ0n) is 19.0. The Bertz CT molecular complexity index is 1240. The number of nitrogens with one attached hydrogen (secondary N) is 2. The molecular weight excluding hydrogens is 462 g/mol. The molecular formula is C23H25N3O7S. The van der Waals surface area contributed by atoms with Crippen molar-refractivity contribution >= 4 is 33.7 Å². The molecule has 2 amide bonds. The van der Waals surface area contributed by atoms with Crippen LogP contribution in [0, 0.1) is 6.92 Å². The average Bonchev–Trinajstić information content (AvgIpc) is 2.82. The fraction of sp³-hybridized carbons (Fsp3) is 0.261. The highest BCUT2D eigenvalue weighted by Crippen LogP contribution is 2.23. The summed E-state index contributed by atoms with van der Waals surface area (Å²) in [6.45, 7) is 3.21. The molecule has 0 radical (unpaired) electrons. The first-order valence-electron chi connectivity index (χ1n) is 10.4. The van der Waals surface area contributed by atoms with Crippen molar-refractivity contribution < 1.29 is 32.3 Å². The van der Waals surface area contributed by atoms with Crippen LogP contribution in [-0.2, 0) is 24.3 Å². The fourth-order valence-electron chi connectivity index (χ4n) is 3.12. The largest absolute Gasteiger partial charge is 0.463 e. The molecule has 3 rings (SSSR count). The number of benzene rings is 2. The van der Waals surface area contributed by atoms with Crippen molar-refractivity contribution in [2.45, 2.75) is 18.7 Å². The van der Waals surface area contributed by atoms with Gasteiger partial charge in [-0.3, -0.25) is 4.31 Å². The molecule has 0 saturated carbocycles. The monoisotopic (exact) mass is 487 g/mol. The second kappa shape index (κ2) is 10.4. The Kier molecular flexibility index (Phi) is 7.57. The fourth-order valence-corrected chi connectivity index (χ4v) is 4.37. The van der Waals surface area contributed by atoms with E-state index in [2.05, 4.69) is 10.6 Å². The van der Waals surface area contributed by atoms with E-state index < -0.39 is 34.6 Å². The normalized spacial score (nSPS) is 13.6. The summed E-state index contributed by atoms with van der Waals surface area (Å²) in [6, 6.07) is 11.9. The maximum atomic E-state index is 13.1. The van der Waals surface area contributed by atoms with Crippen LogP contribution in [0.15, 0.2) is 64.7 Å². The van der Waals surface area contributed by atoms with E-state index in [4.69, 9.17) is 9.47 Å². The lowest BCUT2D eigenvalue weighted by atomic mass is 10.1. The average molecular weight is 488 g/mol. The number of ether oxygens (including phenoxy) is 2. The van der Waals surface area contributed by atoms with Crippen LogP contribution in [0.4, 0.5) is 10.5 Å². The quantitative estimate of drug-likeness (QED) is 0.545. The molecule has 11 heteroatoms. The number of carbonyl (C=O) groups is 3. The minimum atomic E-state index is -3.94. The molecule has 0 unspecified atom stereocenters. The molecule has 1 aliphatic rings. The van der Waals surface area contributed by atoms with Crippen molar-refractivity contribution in [1.82, 2.24) is 10.6 Å². The number of carbonyl (C=O) groups excluding carboxylic acids is 3. The number of hydrogen-bond acceptors (Lipinski definition) is 7. The summed E-state index contributed by atoms with van der Waals surface area (Å²) >= 11 is 0. The van der Waals surface area contributed by atoms with E-state index in [-0.39, 0.29) is 34.9 Å². The maximum absolute atomic E-state index is 13.1. The minimum Gasteiger partial charge on any atom is -0.463 e. The summed E-state index contributed by atoms with van der Waals surface area (Å²) in [5, 5.41) is 4.89. The Morgan fingerprint density at radius 3 is 2.44 bits per heavy atom. The molecule has 1 heterocycles. The number of amides is 2. The van der Waals surface area contributed by atoms with Crippen LogP contribution in [0.2, 0.25) is 0 Å². The number of rotatable bonds is 8. The maximum Gasteiger partial charge on any atom is 0.338 e. The molecule has 0 fully saturated rings. The lowest BCUT2D eigenvalue weighted by Gasteiger charge is -2.21. The van der Waals surface area contributed by atoms with Crippen molar-refractivity contribution in [3.63, 3.8) is 0 Å². The third kappa shape index (κ3) is 5.54. The van der Waals surface area contributed by atoms with Crippen LogP contribution in [-0.4, -0.2) is 53.2 Å². The molecule has 1 aliphatic heterocycles. The van der Waals surface area contributed by atoms with Gasteiger partial charge in [-0.25, -0.2) is 22.8 Å². The smallest absolute Gasteiger partial charge is 0.338 e. The summed E-state index contributed by atoms with van der Waals surface area (Å²) in [6.07, 6.45) is 0. The second-order valence-electron chi connectivity index (χ2n) is 7.40. The van der Waals surface area contributed by atoms with Crippen LogP contribution in [0.1, 0.15) is 22.8 Å². The number of nitrogens with zero attached hydrogens (tertiary/aromatic N) is 1. The Labute approximate surface area is 197 Å². The Morgan fingerprint density at radius 1 is 1.06 bits per heavy atom. The number of anilines is 1. The van der Waals surface area contributed by atoms with Crippen LogP contribution in [0.3, 0.4) is 0 Å². The molecule has 2 aromatic carbocycles. The Balaban J connectivity index is 1.78. The van der Waals surface area contributed by atoms with Crippen molar-refractivity contribution in [1.29, 1.82) is 0 Å². The van der Waals surface area contributed by atoms with Crippen LogP contribution in [0.25, 0.3) is 0 Å². The van der Waals surface area contributed by atoms with Crippen molar-refractivity contribution in [3.8, 4) is 0 Å². The zero-order valence-corrected chi connectivity index (χ0v) is 19.8. The number of sulfonamides is 1. The van der Waals surface area contributed by atoms with Gasteiger partial charge in [0.05, 0.1) is 40.6 Å². The summed E-state index contributed by atoms with van der Waals surface area (Å²) in [4.78, 5) is 36.3. The third-order valence-electron chi connectivity index (χ3n) is 5.05. The van der Waals surface area contributed by atoms with E-state index in [1.54, 1.807) is 31.2 Å². The van der Waals surface area contributed by atoms with Crippen molar-refractivity contribution in [3.05, 3.63) is 70.9 Å². The highest BCUT2D eigenvalue weighted by molar-refractivity contribution is 7.92. The Morgan fingerprint density at radius 2 is 1.76 bits per heavy atom. The van der Waals surface area contributed by atoms with Gasteiger partial charge in [0.1, 0.15) is 6.61 Å². The van der Waals surface area contributed by atoms with Crippen LogP contribution < -0.4 is 14.9 Å². The first-order valence-corrected chi connectivity index (χ1v) is 11.8. The van der Waals surface area contributed by atoms with Crippen molar-refractivity contribution in [2.75, 3.05) is 31.1 Å². The molecule has 0 aromatic heterocycles. The van der Waals surface area contributed by atoms with E-state index in [0.717, 1.165) is 9.87 Å². The topological polar surface area (TPSA) is 131 Å². The van der Waals surface area contributed by atoms with Gasteiger partial charge < -0.3 is 20.1 Å². The lowest BCUT2D eigenvalue weighted by Crippen LogP contribution is -2.45. The minimum absolute atomic E-state index is 0.00285. The molecule has 2 aromatic rings. The molecule has 34 heavy (non-hydrogen) atoms. The van der Waals surface area contributed by atoms with Gasteiger partial charge in [-0.15, -0.1) is 0 Å². The van der Waals surface area contributed by atoms with Gasteiger partial charge in [-0.05, 0) is 44.2 Å². The molecule has 10 nitrogen and oxygen atoms in total. The summed E-state index contributed by atoms with van der Waals surface area (Å²) < 4.78 is 37.5. The number of hydrogen-bond donors (Lipinski definition) is 2. The van der Waals surface area contributed by atoms with E-state index in [9.17, 15) is 22.8 Å². The number of aryl methyl sites for hydroxylation is 1. The molecule has 180 valence electrons. The standard InChI is InChI=1S/C23H25N3O7S/c1-4-32-22(28)19-13-24-23(29)25-20(19)14-33-21(27)16-6-5-7-18(12-16)34(30,31)26(3)17-10-8-15(2)9-11-17/h5-12H,4,13-14H2,1-3H3,(H2,24,25,29).